The van der Waals surface area contributed by atoms with Crippen molar-refractivity contribution in [2.75, 3.05) is 23.8 Å². The summed E-state index contributed by atoms with van der Waals surface area (Å²) < 4.78 is 34.6. The maximum atomic E-state index is 14.1. The van der Waals surface area contributed by atoms with Crippen LogP contribution >= 0.6 is 0 Å². The summed E-state index contributed by atoms with van der Waals surface area (Å²) in [7, 11) is 0. The lowest BCUT2D eigenvalue weighted by molar-refractivity contribution is 0.0673. The first-order chi connectivity index (χ1) is 15.6. The number of rotatable bonds is 6. The summed E-state index contributed by atoms with van der Waals surface area (Å²) in [6.07, 6.45) is 3.41. The maximum absolute atomic E-state index is 14.1. The van der Waals surface area contributed by atoms with Gasteiger partial charge < -0.3 is 15.4 Å². The molecule has 1 aliphatic heterocycles. The van der Waals surface area contributed by atoms with Crippen molar-refractivity contribution in [1.29, 1.82) is 0 Å². The fourth-order valence-electron chi connectivity index (χ4n) is 3.74. The molecule has 11 heteroatoms. The molecule has 0 radical (unpaired) electrons. The van der Waals surface area contributed by atoms with E-state index in [1.165, 1.54) is 12.1 Å². The van der Waals surface area contributed by atoms with Crippen LogP contribution in [0, 0.1) is 18.6 Å². The number of hydrogen-bond acceptors (Lipinski definition) is 7. The van der Waals surface area contributed by atoms with Crippen LogP contribution in [0.4, 0.5) is 26.4 Å². The molecule has 9 nitrogen and oxygen atoms in total. The molecule has 1 fully saturated rings. The SMILES string of the molecule is Cc1cc(Nc2nc(NCc3ccc(F)cc3F)nc3c2cnn3C2CCOCC2)n[nH]1. The first-order valence-corrected chi connectivity index (χ1v) is 10.4. The Morgan fingerprint density at radius 3 is 2.78 bits per heavy atom. The molecule has 0 amide bonds. The zero-order valence-electron chi connectivity index (χ0n) is 17.4. The molecule has 3 N–H and O–H groups in total. The molecule has 166 valence electrons. The third-order valence-corrected chi connectivity index (χ3v) is 5.39. The van der Waals surface area contributed by atoms with Gasteiger partial charge in [0.05, 0.1) is 17.6 Å². The summed E-state index contributed by atoms with van der Waals surface area (Å²) in [5.74, 6) is 0.185. The van der Waals surface area contributed by atoms with E-state index in [9.17, 15) is 8.78 Å². The number of H-pyrrole nitrogens is 1. The summed E-state index contributed by atoms with van der Waals surface area (Å²) in [6.45, 7) is 3.35. The molecule has 0 atom stereocenters. The highest BCUT2D eigenvalue weighted by atomic mass is 19.1. The maximum Gasteiger partial charge on any atom is 0.227 e. The predicted octanol–water partition coefficient (Wildman–Crippen LogP) is 3.84. The van der Waals surface area contributed by atoms with Crippen molar-refractivity contribution >= 4 is 28.6 Å². The molecule has 3 aromatic heterocycles. The minimum absolute atomic E-state index is 0.101. The van der Waals surface area contributed by atoms with Gasteiger partial charge in [-0.25, -0.2) is 13.5 Å². The van der Waals surface area contributed by atoms with Gasteiger partial charge in [0.1, 0.15) is 17.5 Å². The second kappa shape index (κ2) is 8.50. The summed E-state index contributed by atoms with van der Waals surface area (Å²) >= 11 is 0. The van der Waals surface area contributed by atoms with Gasteiger partial charge in [0.2, 0.25) is 5.95 Å². The third kappa shape index (κ3) is 4.11. The van der Waals surface area contributed by atoms with Gasteiger partial charge in [0, 0.05) is 43.1 Å². The molecule has 4 heterocycles. The van der Waals surface area contributed by atoms with E-state index in [1.54, 1.807) is 6.20 Å². The van der Waals surface area contributed by atoms with Gasteiger partial charge in [-0.2, -0.15) is 20.2 Å². The number of nitrogens with one attached hydrogen (secondary N) is 3. The Balaban J connectivity index is 1.50. The number of ether oxygens (including phenoxy) is 1. The molecule has 1 aromatic carbocycles. The first kappa shape index (κ1) is 20.3. The van der Waals surface area contributed by atoms with Crippen molar-refractivity contribution in [2.24, 2.45) is 0 Å². The summed E-state index contributed by atoms with van der Waals surface area (Å²) in [6, 6.07) is 5.50. The zero-order valence-corrected chi connectivity index (χ0v) is 17.4. The standard InChI is InChI=1S/C21H22F2N8O/c1-12-8-18(30-29-12)26-19-16-11-25-31(15-4-6-32-7-5-15)20(16)28-21(27-19)24-10-13-2-3-14(22)9-17(13)23/h2-3,8-9,11,15H,4-7,10H2,1H3,(H3,24,26,27,28,29,30). The molecule has 0 saturated carbocycles. The predicted molar refractivity (Wildman–Crippen MR) is 115 cm³/mol. The number of aryl methyl sites for hydroxylation is 1. The number of benzene rings is 1. The number of anilines is 3. The van der Waals surface area contributed by atoms with Crippen LogP contribution in [0.5, 0.6) is 0 Å². The van der Waals surface area contributed by atoms with Crippen LogP contribution in [0.25, 0.3) is 11.0 Å². The second-order valence-corrected chi connectivity index (χ2v) is 7.72. The van der Waals surface area contributed by atoms with Crippen molar-refractivity contribution in [3.05, 3.63) is 53.4 Å². The number of hydrogen-bond donors (Lipinski definition) is 3. The van der Waals surface area contributed by atoms with Gasteiger partial charge in [-0.05, 0) is 25.8 Å². The number of aromatic nitrogens is 6. The fourth-order valence-corrected chi connectivity index (χ4v) is 3.74. The smallest absolute Gasteiger partial charge is 0.227 e. The Hall–Kier alpha value is -3.60. The number of fused-ring (bicyclic) bond motifs is 1. The van der Waals surface area contributed by atoms with Crippen LogP contribution in [0.3, 0.4) is 0 Å². The van der Waals surface area contributed by atoms with E-state index in [1.807, 2.05) is 17.7 Å². The quantitative estimate of drug-likeness (QED) is 0.418. The molecule has 1 aliphatic rings. The molecule has 5 rings (SSSR count). The second-order valence-electron chi connectivity index (χ2n) is 7.72. The van der Waals surface area contributed by atoms with E-state index < -0.39 is 11.6 Å². The topological polar surface area (TPSA) is 106 Å². The van der Waals surface area contributed by atoms with E-state index in [-0.39, 0.29) is 12.6 Å². The van der Waals surface area contributed by atoms with Crippen LogP contribution in [-0.4, -0.2) is 43.2 Å². The van der Waals surface area contributed by atoms with Crippen LogP contribution < -0.4 is 10.6 Å². The monoisotopic (exact) mass is 440 g/mol. The van der Waals surface area contributed by atoms with Gasteiger partial charge in [-0.3, -0.25) is 5.10 Å². The minimum Gasteiger partial charge on any atom is -0.381 e. The van der Waals surface area contributed by atoms with Crippen molar-refractivity contribution < 1.29 is 13.5 Å². The van der Waals surface area contributed by atoms with Crippen LogP contribution in [0.1, 0.15) is 30.1 Å². The van der Waals surface area contributed by atoms with Gasteiger partial charge in [0.15, 0.2) is 11.5 Å². The lowest BCUT2D eigenvalue weighted by atomic mass is 10.1. The molecule has 0 bridgehead atoms. The third-order valence-electron chi connectivity index (χ3n) is 5.39. The molecule has 32 heavy (non-hydrogen) atoms. The molecule has 0 unspecified atom stereocenters. The van der Waals surface area contributed by atoms with Crippen molar-refractivity contribution in [2.45, 2.75) is 32.4 Å². The Morgan fingerprint density at radius 1 is 1.19 bits per heavy atom. The molecular formula is C21H22F2N8O. The zero-order chi connectivity index (χ0) is 22.1. The number of aromatic amines is 1. The number of nitrogens with zero attached hydrogens (tertiary/aromatic N) is 5. The first-order valence-electron chi connectivity index (χ1n) is 10.4. The van der Waals surface area contributed by atoms with Gasteiger partial charge in [0.25, 0.3) is 0 Å². The van der Waals surface area contributed by atoms with E-state index >= 15 is 0 Å². The normalized spacial score (nSPS) is 14.7. The lowest BCUT2D eigenvalue weighted by Crippen LogP contribution is -2.21. The molecular weight excluding hydrogens is 418 g/mol. The average Bonchev–Trinajstić information content (AvgIpc) is 3.40. The van der Waals surface area contributed by atoms with Crippen molar-refractivity contribution in [3.63, 3.8) is 0 Å². The largest absolute Gasteiger partial charge is 0.381 e. The Labute approximate surface area is 182 Å². The molecule has 0 aliphatic carbocycles. The Morgan fingerprint density at radius 2 is 2.03 bits per heavy atom. The van der Waals surface area contributed by atoms with Crippen LogP contribution in [-0.2, 0) is 11.3 Å². The average molecular weight is 440 g/mol. The molecule has 1 saturated heterocycles. The number of halogens is 2. The van der Waals surface area contributed by atoms with E-state index in [2.05, 4.69) is 35.9 Å². The van der Waals surface area contributed by atoms with E-state index in [4.69, 9.17) is 4.74 Å². The fraction of sp³-hybridized carbons (Fsp3) is 0.333. The Kier molecular flexibility index (Phi) is 5.39. The lowest BCUT2D eigenvalue weighted by Gasteiger charge is -2.22. The molecule has 4 aromatic rings. The highest BCUT2D eigenvalue weighted by Crippen LogP contribution is 2.29. The highest BCUT2D eigenvalue weighted by molar-refractivity contribution is 5.89. The van der Waals surface area contributed by atoms with E-state index in [0.717, 1.165) is 30.0 Å². The molecule has 0 spiro atoms. The van der Waals surface area contributed by atoms with E-state index in [0.29, 0.717) is 42.0 Å². The van der Waals surface area contributed by atoms with Crippen LogP contribution in [0.2, 0.25) is 0 Å². The van der Waals surface area contributed by atoms with Crippen molar-refractivity contribution in [3.8, 4) is 0 Å². The van der Waals surface area contributed by atoms with Gasteiger partial charge >= 0.3 is 0 Å². The summed E-state index contributed by atoms with van der Waals surface area (Å²) in [4.78, 5) is 9.22. The summed E-state index contributed by atoms with van der Waals surface area (Å²) in [5.41, 5.74) is 1.87. The highest BCUT2D eigenvalue weighted by Gasteiger charge is 2.22. The van der Waals surface area contributed by atoms with Crippen LogP contribution in [0.15, 0.2) is 30.5 Å². The Bertz CT molecular complexity index is 1250. The minimum atomic E-state index is -0.629. The summed E-state index contributed by atoms with van der Waals surface area (Å²) in [5, 5.41) is 18.7. The van der Waals surface area contributed by atoms with Gasteiger partial charge in [-0.15, -0.1) is 0 Å². The van der Waals surface area contributed by atoms with Crippen molar-refractivity contribution in [1.82, 2.24) is 29.9 Å². The van der Waals surface area contributed by atoms with Gasteiger partial charge in [-0.1, -0.05) is 6.07 Å².